The second-order valence-electron chi connectivity index (χ2n) is 8.03. The number of rotatable bonds is 5. The average molecular weight is 472 g/mol. The van der Waals surface area contributed by atoms with Crippen molar-refractivity contribution in [2.24, 2.45) is 0 Å². The van der Waals surface area contributed by atoms with Gasteiger partial charge in [-0.15, -0.1) is 22.7 Å². The van der Waals surface area contributed by atoms with E-state index in [1.165, 1.54) is 43.0 Å². The molecule has 0 atom stereocenters. The highest BCUT2D eigenvalue weighted by Gasteiger charge is 2.18. The smallest absolute Gasteiger partial charge is 0.134 e. The summed E-state index contributed by atoms with van der Waals surface area (Å²) in [6.07, 6.45) is 0. The maximum Gasteiger partial charge on any atom is 0.134 e. The van der Waals surface area contributed by atoms with E-state index in [2.05, 4.69) is 121 Å². The topological polar surface area (TPSA) is 12.9 Å². The Morgan fingerprint density at radius 2 is 1.03 bits per heavy atom. The van der Waals surface area contributed by atoms with Gasteiger partial charge in [-0.1, -0.05) is 103 Å². The molecule has 0 aliphatic carbocycles. The van der Waals surface area contributed by atoms with Crippen molar-refractivity contribution in [1.82, 2.24) is 4.98 Å². The van der Waals surface area contributed by atoms with Crippen molar-refractivity contribution in [2.75, 3.05) is 0 Å². The van der Waals surface area contributed by atoms with E-state index < -0.39 is 0 Å². The standard InChI is InChI=1S/C31H21NS2/c1-4-12-22(13-5-1)29(23-14-6-2-7-15-23)30(24-16-8-3-9-17-24)25-20-28(33-21-25)31-32-26-18-10-11-19-27(26)34-31/h1-21H. The Morgan fingerprint density at radius 3 is 1.59 bits per heavy atom. The Balaban J connectivity index is 1.59. The highest BCUT2D eigenvalue weighted by Crippen LogP contribution is 2.41. The Hall–Kier alpha value is -3.79. The number of para-hydroxylation sites is 1. The quantitative estimate of drug-likeness (QED) is 0.229. The fourth-order valence-electron chi connectivity index (χ4n) is 4.28. The first-order valence-corrected chi connectivity index (χ1v) is 12.9. The van der Waals surface area contributed by atoms with E-state index in [-0.39, 0.29) is 0 Å². The second-order valence-corrected chi connectivity index (χ2v) is 9.98. The zero-order valence-corrected chi connectivity index (χ0v) is 20.0. The van der Waals surface area contributed by atoms with Gasteiger partial charge in [-0.2, -0.15) is 0 Å². The predicted molar refractivity (Wildman–Crippen MR) is 147 cm³/mol. The van der Waals surface area contributed by atoms with Gasteiger partial charge in [0.05, 0.1) is 15.1 Å². The monoisotopic (exact) mass is 471 g/mol. The van der Waals surface area contributed by atoms with Crippen LogP contribution in [0.3, 0.4) is 0 Å². The fraction of sp³-hybridized carbons (Fsp3) is 0. The van der Waals surface area contributed by atoms with Crippen LogP contribution >= 0.6 is 22.7 Å². The molecular weight excluding hydrogens is 450 g/mol. The summed E-state index contributed by atoms with van der Waals surface area (Å²) in [6, 6.07) is 42.8. The van der Waals surface area contributed by atoms with Crippen molar-refractivity contribution in [3.63, 3.8) is 0 Å². The molecule has 3 heteroatoms. The van der Waals surface area contributed by atoms with E-state index in [0.29, 0.717) is 0 Å². The molecule has 0 amide bonds. The lowest BCUT2D eigenvalue weighted by Gasteiger charge is -2.17. The first-order valence-electron chi connectivity index (χ1n) is 11.2. The first kappa shape index (κ1) is 20.8. The Labute approximate surface area is 207 Å². The third-order valence-corrected chi connectivity index (χ3v) is 7.97. The number of thiazole rings is 1. The SMILES string of the molecule is c1ccc(C(=C(c2ccccc2)c2csc(-c3nc4ccccc4s3)c2)c2ccccc2)cc1. The molecule has 0 bridgehead atoms. The van der Waals surface area contributed by atoms with Gasteiger partial charge in [-0.25, -0.2) is 4.98 Å². The number of benzene rings is 4. The van der Waals surface area contributed by atoms with Gasteiger partial charge in [0.1, 0.15) is 5.01 Å². The molecule has 0 saturated carbocycles. The number of hydrogen-bond donors (Lipinski definition) is 0. The van der Waals surface area contributed by atoms with Crippen LogP contribution in [0.5, 0.6) is 0 Å². The molecule has 2 aromatic heterocycles. The molecule has 34 heavy (non-hydrogen) atoms. The molecule has 6 rings (SSSR count). The number of thiophene rings is 1. The van der Waals surface area contributed by atoms with Crippen molar-refractivity contribution in [3.8, 4) is 9.88 Å². The van der Waals surface area contributed by atoms with E-state index in [4.69, 9.17) is 4.98 Å². The van der Waals surface area contributed by atoms with Gasteiger partial charge in [-0.3, -0.25) is 0 Å². The molecular formula is C31H21NS2. The molecule has 0 radical (unpaired) electrons. The molecule has 2 heterocycles. The van der Waals surface area contributed by atoms with Crippen molar-refractivity contribution in [3.05, 3.63) is 149 Å². The summed E-state index contributed by atoms with van der Waals surface area (Å²) in [7, 11) is 0. The molecule has 6 aromatic rings. The number of fused-ring (bicyclic) bond motifs is 1. The molecule has 0 N–H and O–H groups in total. The van der Waals surface area contributed by atoms with Gasteiger partial charge >= 0.3 is 0 Å². The minimum Gasteiger partial charge on any atom is -0.235 e. The Morgan fingerprint density at radius 1 is 0.529 bits per heavy atom. The van der Waals surface area contributed by atoms with Crippen LogP contribution in [0.4, 0.5) is 0 Å². The van der Waals surface area contributed by atoms with Crippen LogP contribution in [-0.2, 0) is 0 Å². The fourth-order valence-corrected chi connectivity index (χ4v) is 6.21. The summed E-state index contributed by atoms with van der Waals surface area (Å²) < 4.78 is 1.22. The van der Waals surface area contributed by atoms with Crippen molar-refractivity contribution in [1.29, 1.82) is 0 Å². The normalized spacial score (nSPS) is 10.9. The van der Waals surface area contributed by atoms with Crippen LogP contribution in [0.25, 0.3) is 31.2 Å². The van der Waals surface area contributed by atoms with E-state index >= 15 is 0 Å². The zero-order chi connectivity index (χ0) is 22.7. The predicted octanol–water partition coefficient (Wildman–Crippen LogP) is 9.03. The van der Waals surface area contributed by atoms with Gasteiger partial charge in [0.2, 0.25) is 0 Å². The Bertz CT molecular complexity index is 1500. The van der Waals surface area contributed by atoms with E-state index in [9.17, 15) is 0 Å². The number of hydrogen-bond acceptors (Lipinski definition) is 3. The van der Waals surface area contributed by atoms with Crippen LogP contribution in [0, 0.1) is 0 Å². The van der Waals surface area contributed by atoms with Crippen LogP contribution in [0.15, 0.2) is 127 Å². The highest BCUT2D eigenvalue weighted by atomic mass is 32.1. The molecule has 0 unspecified atom stereocenters. The zero-order valence-electron chi connectivity index (χ0n) is 18.4. The van der Waals surface area contributed by atoms with Crippen LogP contribution < -0.4 is 0 Å². The lowest BCUT2D eigenvalue weighted by molar-refractivity contribution is 1.49. The van der Waals surface area contributed by atoms with E-state index in [1.807, 2.05) is 6.07 Å². The lowest BCUT2D eigenvalue weighted by Crippen LogP contribution is -1.96. The summed E-state index contributed by atoms with van der Waals surface area (Å²) in [5.74, 6) is 0. The third kappa shape index (κ3) is 4.01. The largest absolute Gasteiger partial charge is 0.235 e. The van der Waals surface area contributed by atoms with Gasteiger partial charge in [0.25, 0.3) is 0 Å². The maximum atomic E-state index is 4.90. The first-order chi connectivity index (χ1) is 16.9. The summed E-state index contributed by atoms with van der Waals surface area (Å²) in [5.41, 5.74) is 8.38. The van der Waals surface area contributed by atoms with Crippen LogP contribution in [0.1, 0.15) is 22.3 Å². The van der Waals surface area contributed by atoms with Crippen LogP contribution in [0.2, 0.25) is 0 Å². The summed E-state index contributed by atoms with van der Waals surface area (Å²) in [5, 5.41) is 3.35. The van der Waals surface area contributed by atoms with Gasteiger partial charge in [-0.05, 0) is 57.0 Å². The lowest BCUT2D eigenvalue weighted by atomic mass is 9.86. The van der Waals surface area contributed by atoms with Crippen LogP contribution in [-0.4, -0.2) is 4.98 Å². The van der Waals surface area contributed by atoms with Crippen molar-refractivity contribution >= 4 is 44.0 Å². The summed E-state index contributed by atoms with van der Waals surface area (Å²) in [6.45, 7) is 0. The third-order valence-electron chi connectivity index (χ3n) is 5.83. The summed E-state index contributed by atoms with van der Waals surface area (Å²) >= 11 is 3.52. The number of nitrogens with zero attached hydrogens (tertiary/aromatic N) is 1. The molecule has 0 fully saturated rings. The molecule has 4 aromatic carbocycles. The maximum absolute atomic E-state index is 4.90. The van der Waals surface area contributed by atoms with Crippen molar-refractivity contribution in [2.45, 2.75) is 0 Å². The van der Waals surface area contributed by atoms with E-state index in [0.717, 1.165) is 10.5 Å². The molecule has 162 valence electrons. The molecule has 0 saturated heterocycles. The average Bonchev–Trinajstić information content (AvgIpc) is 3.56. The van der Waals surface area contributed by atoms with Gasteiger partial charge in [0, 0.05) is 0 Å². The van der Waals surface area contributed by atoms with E-state index in [1.54, 1.807) is 22.7 Å². The minimum atomic E-state index is 1.06. The molecule has 0 spiro atoms. The summed E-state index contributed by atoms with van der Waals surface area (Å²) in [4.78, 5) is 6.10. The Kier molecular flexibility index (Phi) is 5.64. The van der Waals surface area contributed by atoms with Gasteiger partial charge in [0.15, 0.2) is 0 Å². The molecule has 1 nitrogen and oxygen atoms in total. The molecule has 0 aliphatic heterocycles. The minimum absolute atomic E-state index is 1.06. The van der Waals surface area contributed by atoms with Crippen molar-refractivity contribution < 1.29 is 0 Å². The number of aromatic nitrogens is 1. The highest BCUT2D eigenvalue weighted by molar-refractivity contribution is 7.25. The van der Waals surface area contributed by atoms with Gasteiger partial charge < -0.3 is 0 Å². The second kappa shape index (κ2) is 9.22. The molecule has 0 aliphatic rings.